The highest BCUT2D eigenvalue weighted by atomic mass is 35.5. The number of nitrogens with zero attached hydrogens (tertiary/aromatic N) is 3. The summed E-state index contributed by atoms with van der Waals surface area (Å²) in [5, 5.41) is 19.9. The molecule has 0 aliphatic rings. The summed E-state index contributed by atoms with van der Waals surface area (Å²) >= 11 is 7.35. The third kappa shape index (κ3) is 7.75. The van der Waals surface area contributed by atoms with Gasteiger partial charge in [0.05, 0.1) is 20.8 Å². The predicted molar refractivity (Wildman–Crippen MR) is 173 cm³/mol. The largest absolute Gasteiger partial charge is 0.497 e. The van der Waals surface area contributed by atoms with Crippen LogP contribution in [0.1, 0.15) is 30.5 Å². The third-order valence-electron chi connectivity index (χ3n) is 6.50. The van der Waals surface area contributed by atoms with Crippen molar-refractivity contribution in [3.63, 3.8) is 0 Å². The van der Waals surface area contributed by atoms with Gasteiger partial charge < -0.3 is 28.6 Å². The van der Waals surface area contributed by atoms with Gasteiger partial charge in [0.2, 0.25) is 0 Å². The van der Waals surface area contributed by atoms with E-state index in [1.165, 1.54) is 0 Å². The first-order chi connectivity index (χ1) is 21.3. The lowest BCUT2D eigenvalue weighted by Gasteiger charge is -2.17. The molecule has 0 unspecified atom stereocenters. The fraction of sp³-hybridized carbons (Fsp3) is 0.242. The highest BCUT2D eigenvalue weighted by molar-refractivity contribution is 8.04. The highest BCUT2D eigenvalue weighted by Gasteiger charge is 2.21. The van der Waals surface area contributed by atoms with E-state index in [1.54, 1.807) is 38.5 Å². The van der Waals surface area contributed by atoms with Crippen LogP contribution >= 0.6 is 23.4 Å². The summed E-state index contributed by atoms with van der Waals surface area (Å²) in [4.78, 5) is 12.5. The molecule has 9 nitrogen and oxygen atoms in total. The fourth-order valence-corrected chi connectivity index (χ4v) is 5.53. The molecule has 0 spiro atoms. The maximum Gasteiger partial charge on any atom is 0.342 e. The highest BCUT2D eigenvalue weighted by Crippen LogP contribution is 2.38. The van der Waals surface area contributed by atoms with Crippen LogP contribution < -0.4 is 18.9 Å². The Hall–Kier alpha value is -4.41. The zero-order valence-electron chi connectivity index (χ0n) is 25.0. The standard InChI is InChI=1S/C33H34ClN3O6S/c1-6-11-22-14-21(15-28(42-8-3)30(22)43-20-23-12-9-10-13-27(23)34)16-29(32(38)39)44-33-36-35-31(37(33)7-2)24-17-25(40-4)19-26(18-24)41-5/h6,9-10,12-19H,1,7-8,11,20H2,2-5H3,(H,38,39)/b29-16+. The van der Waals surface area contributed by atoms with Crippen LogP contribution in [0.15, 0.2) is 77.3 Å². The number of hydrogen-bond acceptors (Lipinski definition) is 8. The van der Waals surface area contributed by atoms with Gasteiger partial charge in [-0.1, -0.05) is 35.9 Å². The Morgan fingerprint density at radius 2 is 1.75 bits per heavy atom. The van der Waals surface area contributed by atoms with Crippen molar-refractivity contribution >= 4 is 35.4 Å². The molecule has 4 aromatic rings. The second-order valence-corrected chi connectivity index (χ2v) is 10.8. The summed E-state index contributed by atoms with van der Waals surface area (Å²) in [7, 11) is 3.15. The average Bonchev–Trinajstić information content (AvgIpc) is 3.43. The molecule has 0 saturated heterocycles. The minimum Gasteiger partial charge on any atom is -0.497 e. The molecule has 4 rings (SSSR count). The molecule has 0 bridgehead atoms. The number of aromatic nitrogens is 3. The van der Waals surface area contributed by atoms with Crippen LogP contribution in [0.4, 0.5) is 0 Å². The minimum absolute atomic E-state index is 0.0543. The number of methoxy groups -OCH3 is 2. The van der Waals surface area contributed by atoms with Gasteiger partial charge >= 0.3 is 5.97 Å². The van der Waals surface area contributed by atoms with E-state index in [-0.39, 0.29) is 11.5 Å². The SMILES string of the molecule is C=CCc1cc(/C=C(/Sc2nnc(-c3cc(OC)cc(OC)c3)n2CC)C(=O)O)cc(OCC)c1OCc1ccccc1Cl. The summed E-state index contributed by atoms with van der Waals surface area (Å²) in [5.41, 5.74) is 2.98. The van der Waals surface area contributed by atoms with Crippen LogP contribution in [-0.4, -0.2) is 46.7 Å². The number of benzene rings is 3. The molecule has 0 amide bonds. The molecular weight excluding hydrogens is 602 g/mol. The zero-order valence-corrected chi connectivity index (χ0v) is 26.6. The van der Waals surface area contributed by atoms with Gasteiger partial charge in [0, 0.05) is 34.3 Å². The van der Waals surface area contributed by atoms with Crippen LogP contribution in [-0.2, 0) is 24.4 Å². The minimum atomic E-state index is -1.10. The van der Waals surface area contributed by atoms with E-state index in [9.17, 15) is 9.90 Å². The van der Waals surface area contributed by atoms with Gasteiger partial charge in [-0.25, -0.2) is 4.79 Å². The van der Waals surface area contributed by atoms with Gasteiger partial charge in [-0.15, -0.1) is 16.8 Å². The molecule has 11 heteroatoms. The molecule has 0 aliphatic heterocycles. The van der Waals surface area contributed by atoms with Crippen molar-refractivity contribution in [3.05, 3.63) is 93.9 Å². The van der Waals surface area contributed by atoms with E-state index >= 15 is 0 Å². The van der Waals surface area contributed by atoms with Crippen LogP contribution in [0, 0.1) is 0 Å². The zero-order chi connectivity index (χ0) is 31.6. The summed E-state index contributed by atoms with van der Waals surface area (Å²) in [6.07, 6.45) is 3.82. The number of hydrogen-bond donors (Lipinski definition) is 1. The van der Waals surface area contributed by atoms with Crippen molar-refractivity contribution in [1.29, 1.82) is 0 Å². The lowest BCUT2D eigenvalue weighted by Crippen LogP contribution is -2.05. The maximum absolute atomic E-state index is 12.5. The summed E-state index contributed by atoms with van der Waals surface area (Å²) in [6, 6.07) is 16.5. The van der Waals surface area contributed by atoms with Gasteiger partial charge in [-0.3, -0.25) is 0 Å². The van der Waals surface area contributed by atoms with E-state index < -0.39 is 5.97 Å². The van der Waals surface area contributed by atoms with E-state index in [0.717, 1.165) is 28.5 Å². The number of ether oxygens (including phenoxy) is 4. The van der Waals surface area contributed by atoms with Crippen LogP contribution in [0.3, 0.4) is 0 Å². The molecule has 0 aliphatic carbocycles. The second-order valence-electron chi connectivity index (χ2n) is 9.38. The fourth-order valence-electron chi connectivity index (χ4n) is 4.45. The molecule has 44 heavy (non-hydrogen) atoms. The Labute approximate surface area is 266 Å². The first-order valence-electron chi connectivity index (χ1n) is 13.9. The van der Waals surface area contributed by atoms with Gasteiger partial charge in [-0.05, 0) is 74.0 Å². The number of aliphatic carboxylic acids is 1. The number of carbonyl (C=O) groups is 1. The molecule has 1 heterocycles. The summed E-state index contributed by atoms with van der Waals surface area (Å²) in [5.74, 6) is 1.70. The number of carboxylic acids is 1. The Balaban J connectivity index is 1.71. The van der Waals surface area contributed by atoms with Crippen molar-refractivity contribution in [2.75, 3.05) is 20.8 Å². The van der Waals surface area contributed by atoms with Gasteiger partial charge in [0.25, 0.3) is 0 Å². The molecule has 3 aromatic carbocycles. The lowest BCUT2D eigenvalue weighted by atomic mass is 10.0. The summed E-state index contributed by atoms with van der Waals surface area (Å²) in [6.45, 7) is 8.83. The number of allylic oxidation sites excluding steroid dienone is 1. The molecule has 0 saturated carbocycles. The Morgan fingerprint density at radius 1 is 1.02 bits per heavy atom. The molecule has 0 atom stereocenters. The first-order valence-corrected chi connectivity index (χ1v) is 15.1. The lowest BCUT2D eigenvalue weighted by molar-refractivity contribution is -0.131. The van der Waals surface area contributed by atoms with Gasteiger partial charge in [0.1, 0.15) is 23.0 Å². The smallest absolute Gasteiger partial charge is 0.342 e. The van der Waals surface area contributed by atoms with E-state index in [2.05, 4.69) is 16.8 Å². The molecule has 1 N–H and O–H groups in total. The van der Waals surface area contributed by atoms with Crippen molar-refractivity contribution in [2.24, 2.45) is 0 Å². The van der Waals surface area contributed by atoms with E-state index in [0.29, 0.717) is 64.1 Å². The first kappa shape index (κ1) is 32.5. The van der Waals surface area contributed by atoms with E-state index in [4.69, 9.17) is 30.5 Å². The number of rotatable bonds is 15. The normalized spacial score (nSPS) is 11.2. The predicted octanol–water partition coefficient (Wildman–Crippen LogP) is 7.56. The molecule has 0 radical (unpaired) electrons. The van der Waals surface area contributed by atoms with Crippen LogP contribution in [0.2, 0.25) is 5.02 Å². The topological polar surface area (TPSA) is 105 Å². The maximum atomic E-state index is 12.5. The van der Waals surface area contributed by atoms with Crippen LogP contribution in [0.25, 0.3) is 17.5 Å². The number of thioether (sulfide) groups is 1. The van der Waals surface area contributed by atoms with Gasteiger partial charge in [0.15, 0.2) is 22.5 Å². The third-order valence-corrected chi connectivity index (χ3v) is 7.87. The van der Waals surface area contributed by atoms with E-state index in [1.807, 2.05) is 60.9 Å². The molecule has 0 fully saturated rings. The number of halogens is 1. The Bertz CT molecular complexity index is 1650. The molecule has 1 aromatic heterocycles. The molecular formula is C33H34ClN3O6S. The second kappa shape index (κ2) is 15.4. The van der Waals surface area contributed by atoms with Gasteiger partial charge in [-0.2, -0.15) is 0 Å². The van der Waals surface area contributed by atoms with Crippen molar-refractivity contribution in [1.82, 2.24) is 14.8 Å². The van der Waals surface area contributed by atoms with Crippen molar-refractivity contribution < 1.29 is 28.8 Å². The summed E-state index contributed by atoms with van der Waals surface area (Å²) < 4.78 is 24.8. The molecule has 230 valence electrons. The Morgan fingerprint density at radius 3 is 2.36 bits per heavy atom. The Kier molecular flexibility index (Phi) is 11.3. The average molecular weight is 636 g/mol. The quantitative estimate of drug-likeness (QED) is 0.0805. The van der Waals surface area contributed by atoms with Crippen LogP contribution in [0.5, 0.6) is 23.0 Å². The number of carboxylic acid groups (broad SMARTS) is 1. The van der Waals surface area contributed by atoms with Crippen molar-refractivity contribution in [2.45, 2.75) is 38.6 Å². The van der Waals surface area contributed by atoms with Crippen molar-refractivity contribution in [3.8, 4) is 34.4 Å². The monoisotopic (exact) mass is 635 g/mol.